The molecule has 8 heteroatoms. The Morgan fingerprint density at radius 3 is 2.96 bits per heavy atom. The number of halogens is 1. The molecule has 7 nitrogen and oxygen atoms in total. The van der Waals surface area contributed by atoms with Crippen molar-refractivity contribution in [3.63, 3.8) is 0 Å². The Labute approximate surface area is 155 Å². The summed E-state index contributed by atoms with van der Waals surface area (Å²) in [5, 5.41) is 10.8. The van der Waals surface area contributed by atoms with E-state index in [1.165, 1.54) is 12.8 Å². The number of benzene rings is 1. The molecule has 0 bridgehead atoms. The van der Waals surface area contributed by atoms with E-state index in [-0.39, 0.29) is 12.6 Å². The maximum absolute atomic E-state index is 12.2. The molecule has 1 aromatic carbocycles. The van der Waals surface area contributed by atoms with E-state index in [1.807, 2.05) is 6.07 Å². The number of anilines is 1. The number of urea groups is 1. The number of nitrogens with one attached hydrogen (secondary N) is 2. The highest BCUT2D eigenvalue weighted by Crippen LogP contribution is 2.32. The minimum atomic E-state index is -0.357. The van der Waals surface area contributed by atoms with Crippen LogP contribution in [0.25, 0.3) is 10.9 Å². The highest BCUT2D eigenvalue weighted by atomic mass is 35.5. The first-order chi connectivity index (χ1) is 12.7. The normalized spacial score (nSPS) is 14.7. The van der Waals surface area contributed by atoms with E-state index in [4.69, 9.17) is 16.1 Å². The van der Waals surface area contributed by atoms with Crippen molar-refractivity contribution in [2.75, 3.05) is 5.32 Å². The number of amides is 2. The number of rotatable bonds is 4. The van der Waals surface area contributed by atoms with Gasteiger partial charge in [-0.3, -0.25) is 4.98 Å². The van der Waals surface area contributed by atoms with Crippen molar-refractivity contribution in [1.29, 1.82) is 0 Å². The fraction of sp³-hybridized carbons (Fsp3) is 0.333. The first-order valence-corrected chi connectivity index (χ1v) is 8.99. The van der Waals surface area contributed by atoms with Crippen molar-refractivity contribution in [2.45, 2.75) is 38.1 Å². The standard InChI is InChI=1S/C18H18ClN5O2/c19-13-7-8-14(12-6-3-9-20-16(12)13)22-18(25)21-10-15-23-17(26-24-15)11-4-1-2-5-11/h3,6-9,11H,1-2,4-5,10H2,(H2,21,22,25). The maximum atomic E-state index is 12.2. The molecule has 0 aliphatic heterocycles. The van der Waals surface area contributed by atoms with Gasteiger partial charge in [0.05, 0.1) is 22.8 Å². The van der Waals surface area contributed by atoms with Gasteiger partial charge in [-0.15, -0.1) is 0 Å². The van der Waals surface area contributed by atoms with Crippen LogP contribution in [0.2, 0.25) is 5.02 Å². The first kappa shape index (κ1) is 16.8. The molecule has 3 aromatic rings. The van der Waals surface area contributed by atoms with Gasteiger partial charge in [-0.2, -0.15) is 4.98 Å². The molecule has 1 saturated carbocycles. The van der Waals surface area contributed by atoms with Gasteiger partial charge < -0.3 is 15.2 Å². The zero-order chi connectivity index (χ0) is 17.9. The molecule has 1 aliphatic rings. The Hall–Kier alpha value is -2.67. The minimum Gasteiger partial charge on any atom is -0.339 e. The lowest BCUT2D eigenvalue weighted by Crippen LogP contribution is -2.28. The molecule has 2 aromatic heterocycles. The fourth-order valence-corrected chi connectivity index (χ4v) is 3.46. The summed E-state index contributed by atoms with van der Waals surface area (Å²) in [4.78, 5) is 20.8. The lowest BCUT2D eigenvalue weighted by atomic mass is 10.1. The van der Waals surface area contributed by atoms with Crippen LogP contribution in [0.5, 0.6) is 0 Å². The topological polar surface area (TPSA) is 92.9 Å². The van der Waals surface area contributed by atoms with E-state index in [1.54, 1.807) is 24.4 Å². The van der Waals surface area contributed by atoms with E-state index in [9.17, 15) is 4.79 Å². The Bertz CT molecular complexity index is 936. The number of aromatic nitrogens is 3. The second kappa shape index (κ2) is 7.29. The van der Waals surface area contributed by atoms with E-state index in [0.29, 0.717) is 33.9 Å². The van der Waals surface area contributed by atoms with Gasteiger partial charge in [0.2, 0.25) is 5.89 Å². The third kappa shape index (κ3) is 3.48. The van der Waals surface area contributed by atoms with Crippen LogP contribution >= 0.6 is 11.6 Å². The summed E-state index contributed by atoms with van der Waals surface area (Å²) < 4.78 is 5.31. The van der Waals surface area contributed by atoms with E-state index >= 15 is 0 Å². The largest absolute Gasteiger partial charge is 0.339 e. The van der Waals surface area contributed by atoms with E-state index in [2.05, 4.69) is 25.8 Å². The quantitative estimate of drug-likeness (QED) is 0.715. The zero-order valence-corrected chi connectivity index (χ0v) is 14.8. The molecular weight excluding hydrogens is 354 g/mol. The molecule has 0 radical (unpaired) electrons. The average molecular weight is 372 g/mol. The number of carbonyl (C=O) groups is 1. The van der Waals surface area contributed by atoms with E-state index in [0.717, 1.165) is 18.2 Å². The summed E-state index contributed by atoms with van der Waals surface area (Å²) >= 11 is 6.15. The van der Waals surface area contributed by atoms with Crippen LogP contribution in [0.3, 0.4) is 0 Å². The third-order valence-corrected chi connectivity index (χ3v) is 4.87. The second-order valence-electron chi connectivity index (χ2n) is 6.33. The number of nitrogens with zero attached hydrogens (tertiary/aromatic N) is 3. The lowest BCUT2D eigenvalue weighted by Gasteiger charge is -2.09. The van der Waals surface area contributed by atoms with Crippen molar-refractivity contribution >= 4 is 34.2 Å². The molecule has 2 amide bonds. The van der Waals surface area contributed by atoms with Crippen LogP contribution in [0.4, 0.5) is 10.5 Å². The van der Waals surface area contributed by atoms with Gasteiger partial charge >= 0.3 is 6.03 Å². The second-order valence-corrected chi connectivity index (χ2v) is 6.74. The number of pyridine rings is 1. The first-order valence-electron chi connectivity index (χ1n) is 8.61. The molecule has 0 spiro atoms. The molecule has 2 heterocycles. The fourth-order valence-electron chi connectivity index (χ4n) is 3.25. The SMILES string of the molecule is O=C(NCc1noc(C2CCCC2)n1)Nc1ccc(Cl)c2ncccc12. The lowest BCUT2D eigenvalue weighted by molar-refractivity contribution is 0.251. The van der Waals surface area contributed by atoms with Crippen LogP contribution in [0.15, 0.2) is 35.0 Å². The van der Waals surface area contributed by atoms with E-state index < -0.39 is 0 Å². The van der Waals surface area contributed by atoms with Crippen LogP contribution < -0.4 is 10.6 Å². The molecule has 1 aliphatic carbocycles. The van der Waals surface area contributed by atoms with Crippen molar-refractivity contribution in [2.24, 2.45) is 0 Å². The van der Waals surface area contributed by atoms with Gasteiger partial charge in [0.15, 0.2) is 5.82 Å². The smallest absolute Gasteiger partial charge is 0.319 e. The zero-order valence-electron chi connectivity index (χ0n) is 14.0. The highest BCUT2D eigenvalue weighted by molar-refractivity contribution is 6.35. The molecule has 0 atom stereocenters. The van der Waals surface area contributed by atoms with Gasteiger partial charge in [0.1, 0.15) is 0 Å². The number of carbonyl (C=O) groups excluding carboxylic acids is 1. The summed E-state index contributed by atoms with van der Waals surface area (Å²) in [6, 6.07) is 6.75. The predicted octanol–water partition coefficient (Wildman–Crippen LogP) is 4.25. The van der Waals surface area contributed by atoms with Crippen LogP contribution in [-0.2, 0) is 6.54 Å². The molecule has 2 N–H and O–H groups in total. The molecular formula is C18H18ClN5O2. The minimum absolute atomic E-state index is 0.200. The molecule has 134 valence electrons. The number of hydrogen-bond donors (Lipinski definition) is 2. The Morgan fingerprint density at radius 2 is 2.12 bits per heavy atom. The Morgan fingerprint density at radius 1 is 1.27 bits per heavy atom. The molecule has 0 unspecified atom stereocenters. The number of hydrogen-bond acceptors (Lipinski definition) is 5. The highest BCUT2D eigenvalue weighted by Gasteiger charge is 2.23. The van der Waals surface area contributed by atoms with Crippen molar-refractivity contribution in [3.8, 4) is 0 Å². The summed E-state index contributed by atoms with van der Waals surface area (Å²) in [5.74, 6) is 1.51. The summed E-state index contributed by atoms with van der Waals surface area (Å²) in [7, 11) is 0. The van der Waals surface area contributed by atoms with Crippen LogP contribution in [0, 0.1) is 0 Å². The summed E-state index contributed by atoms with van der Waals surface area (Å²) in [6.45, 7) is 0.200. The molecule has 4 rings (SSSR count). The van der Waals surface area contributed by atoms with Crippen molar-refractivity contribution in [3.05, 3.63) is 47.2 Å². The number of fused-ring (bicyclic) bond motifs is 1. The Balaban J connectivity index is 1.39. The monoisotopic (exact) mass is 371 g/mol. The molecule has 26 heavy (non-hydrogen) atoms. The maximum Gasteiger partial charge on any atom is 0.319 e. The Kier molecular flexibility index (Phi) is 4.71. The van der Waals surface area contributed by atoms with Gasteiger partial charge in [-0.05, 0) is 37.1 Å². The van der Waals surface area contributed by atoms with Gasteiger partial charge in [0.25, 0.3) is 0 Å². The van der Waals surface area contributed by atoms with Gasteiger partial charge in [0, 0.05) is 17.5 Å². The summed E-state index contributed by atoms with van der Waals surface area (Å²) in [5.41, 5.74) is 1.28. The third-order valence-electron chi connectivity index (χ3n) is 4.56. The van der Waals surface area contributed by atoms with Crippen LogP contribution in [-0.4, -0.2) is 21.2 Å². The van der Waals surface area contributed by atoms with Gasteiger partial charge in [-0.1, -0.05) is 29.6 Å². The van der Waals surface area contributed by atoms with Gasteiger partial charge in [-0.25, -0.2) is 4.79 Å². The predicted molar refractivity (Wildman–Crippen MR) is 98.1 cm³/mol. The molecule has 1 fully saturated rings. The van der Waals surface area contributed by atoms with Crippen molar-refractivity contribution in [1.82, 2.24) is 20.4 Å². The molecule has 0 saturated heterocycles. The average Bonchev–Trinajstić information content (AvgIpc) is 3.34. The van der Waals surface area contributed by atoms with Crippen molar-refractivity contribution < 1.29 is 9.32 Å². The van der Waals surface area contributed by atoms with Crippen LogP contribution in [0.1, 0.15) is 43.3 Å². The summed E-state index contributed by atoms with van der Waals surface area (Å²) in [6.07, 6.45) is 6.25.